The van der Waals surface area contributed by atoms with E-state index < -0.39 is 18.5 Å². The van der Waals surface area contributed by atoms with Gasteiger partial charge in [0, 0.05) is 10.4 Å². The number of carbonyl (C=O) groups excluding carboxylic acids is 2. The standard InChI is InChI=1S/C18H18N2O4S/c1-9-10(2)24-11(3)16(9)18(22)23-8-15(21)20-17-13(7-19)12-5-4-6-14(12)25-17/h4-6,8H2,1-3H3,(H,20,21). The molecule has 3 rings (SSSR count). The smallest absolute Gasteiger partial charge is 0.342 e. The predicted octanol–water partition coefficient (Wildman–Crippen LogP) is 3.42. The van der Waals surface area contributed by atoms with Crippen LogP contribution in [-0.4, -0.2) is 18.5 Å². The number of rotatable bonds is 4. The van der Waals surface area contributed by atoms with Crippen LogP contribution in [0.1, 0.15) is 49.9 Å². The van der Waals surface area contributed by atoms with Crippen molar-refractivity contribution in [3.05, 3.63) is 38.7 Å². The average Bonchev–Trinajstić information content (AvgIpc) is 3.19. The number of ether oxygens (including phenoxy) is 1. The summed E-state index contributed by atoms with van der Waals surface area (Å²) in [5.74, 6) is 0.0824. The molecule has 0 spiro atoms. The molecule has 2 aromatic rings. The molecule has 0 fully saturated rings. The number of furan rings is 1. The van der Waals surface area contributed by atoms with Crippen LogP contribution in [0.25, 0.3) is 0 Å². The van der Waals surface area contributed by atoms with Crippen molar-refractivity contribution in [2.45, 2.75) is 40.0 Å². The van der Waals surface area contributed by atoms with Gasteiger partial charge in [0.2, 0.25) is 0 Å². The van der Waals surface area contributed by atoms with Crippen molar-refractivity contribution in [2.75, 3.05) is 11.9 Å². The number of nitrogens with zero attached hydrogens (tertiary/aromatic N) is 1. The number of fused-ring (bicyclic) bond motifs is 1. The fourth-order valence-corrected chi connectivity index (χ4v) is 4.33. The Morgan fingerprint density at radius 3 is 2.68 bits per heavy atom. The lowest BCUT2D eigenvalue weighted by molar-refractivity contribution is -0.119. The van der Waals surface area contributed by atoms with Crippen molar-refractivity contribution in [1.29, 1.82) is 5.26 Å². The van der Waals surface area contributed by atoms with Gasteiger partial charge in [-0.05, 0) is 45.6 Å². The molecule has 0 unspecified atom stereocenters. The number of nitriles is 1. The minimum atomic E-state index is -0.587. The van der Waals surface area contributed by atoms with Crippen molar-refractivity contribution in [2.24, 2.45) is 0 Å². The van der Waals surface area contributed by atoms with Gasteiger partial charge in [0.05, 0.1) is 5.56 Å². The molecule has 2 heterocycles. The molecule has 0 radical (unpaired) electrons. The highest BCUT2D eigenvalue weighted by Crippen LogP contribution is 2.38. The van der Waals surface area contributed by atoms with E-state index in [-0.39, 0.29) is 0 Å². The normalized spacial score (nSPS) is 12.6. The van der Waals surface area contributed by atoms with Crippen molar-refractivity contribution < 1.29 is 18.7 Å². The second-order valence-corrected chi connectivity index (χ2v) is 7.12. The molecule has 1 N–H and O–H groups in total. The number of anilines is 1. The number of hydrogen-bond acceptors (Lipinski definition) is 6. The van der Waals surface area contributed by atoms with Gasteiger partial charge in [0.25, 0.3) is 5.91 Å². The van der Waals surface area contributed by atoms with E-state index in [1.165, 1.54) is 11.3 Å². The monoisotopic (exact) mass is 358 g/mol. The summed E-state index contributed by atoms with van der Waals surface area (Å²) >= 11 is 1.43. The lowest BCUT2D eigenvalue weighted by atomic mass is 10.1. The molecule has 0 aliphatic heterocycles. The lowest BCUT2D eigenvalue weighted by Gasteiger charge is -2.06. The van der Waals surface area contributed by atoms with Crippen molar-refractivity contribution in [1.82, 2.24) is 0 Å². The molecule has 1 aliphatic rings. The van der Waals surface area contributed by atoms with E-state index >= 15 is 0 Å². The zero-order chi connectivity index (χ0) is 18.1. The summed E-state index contributed by atoms with van der Waals surface area (Å²) in [6.45, 7) is 4.82. The van der Waals surface area contributed by atoms with Gasteiger partial charge in [-0.3, -0.25) is 4.79 Å². The molecule has 0 aromatic carbocycles. The minimum absolute atomic E-state index is 0.359. The first kappa shape index (κ1) is 17.2. The second kappa shape index (κ2) is 6.73. The quantitative estimate of drug-likeness (QED) is 0.846. The number of aryl methyl sites for hydroxylation is 3. The van der Waals surface area contributed by atoms with E-state index in [0.29, 0.717) is 33.2 Å². The summed E-state index contributed by atoms with van der Waals surface area (Å²) < 4.78 is 10.5. The summed E-state index contributed by atoms with van der Waals surface area (Å²) in [6.07, 6.45) is 2.86. The van der Waals surface area contributed by atoms with Crippen LogP contribution < -0.4 is 5.32 Å². The third-order valence-corrected chi connectivity index (χ3v) is 5.59. The molecular formula is C18H18N2O4S. The summed E-state index contributed by atoms with van der Waals surface area (Å²) in [7, 11) is 0. The molecule has 1 aliphatic carbocycles. The van der Waals surface area contributed by atoms with Crippen LogP contribution in [0.5, 0.6) is 0 Å². The third-order valence-electron chi connectivity index (χ3n) is 4.39. The molecule has 1 amide bonds. The predicted molar refractivity (Wildman–Crippen MR) is 92.9 cm³/mol. The molecule has 0 bridgehead atoms. The maximum Gasteiger partial charge on any atom is 0.342 e. The number of amides is 1. The van der Waals surface area contributed by atoms with Gasteiger partial charge < -0.3 is 14.5 Å². The van der Waals surface area contributed by atoms with Crippen LogP contribution in [0.4, 0.5) is 5.00 Å². The number of thiophene rings is 1. The number of carbonyl (C=O) groups is 2. The Labute approximate surface area is 149 Å². The van der Waals surface area contributed by atoms with Gasteiger partial charge in [-0.2, -0.15) is 5.26 Å². The van der Waals surface area contributed by atoms with Crippen LogP contribution in [0.3, 0.4) is 0 Å². The van der Waals surface area contributed by atoms with Gasteiger partial charge in [-0.15, -0.1) is 11.3 Å². The van der Waals surface area contributed by atoms with Gasteiger partial charge in [0.15, 0.2) is 6.61 Å². The molecule has 2 aromatic heterocycles. The fraction of sp³-hybridized carbons (Fsp3) is 0.389. The van der Waals surface area contributed by atoms with Gasteiger partial charge >= 0.3 is 5.97 Å². The third kappa shape index (κ3) is 3.17. The van der Waals surface area contributed by atoms with E-state index in [1.54, 1.807) is 20.8 Å². The molecule has 130 valence electrons. The molecule has 0 atom stereocenters. The molecule has 25 heavy (non-hydrogen) atoms. The zero-order valence-corrected chi connectivity index (χ0v) is 15.1. The second-order valence-electron chi connectivity index (χ2n) is 6.01. The summed E-state index contributed by atoms with van der Waals surface area (Å²) in [6, 6.07) is 2.17. The van der Waals surface area contributed by atoms with Gasteiger partial charge in [-0.1, -0.05) is 0 Å². The fourth-order valence-electron chi connectivity index (χ4n) is 3.07. The summed E-state index contributed by atoms with van der Waals surface area (Å²) in [4.78, 5) is 25.4. The SMILES string of the molecule is Cc1oc(C)c(C(=O)OCC(=O)Nc2sc3c(c2C#N)CCC3)c1C. The van der Waals surface area contributed by atoms with E-state index in [0.717, 1.165) is 29.7 Å². The van der Waals surface area contributed by atoms with Crippen LogP contribution in [0.2, 0.25) is 0 Å². The highest BCUT2D eigenvalue weighted by Gasteiger charge is 2.24. The summed E-state index contributed by atoms with van der Waals surface area (Å²) in [5.41, 5.74) is 2.65. The zero-order valence-electron chi connectivity index (χ0n) is 14.3. The lowest BCUT2D eigenvalue weighted by Crippen LogP contribution is -2.21. The van der Waals surface area contributed by atoms with Crippen LogP contribution >= 0.6 is 11.3 Å². The Morgan fingerprint density at radius 2 is 2.04 bits per heavy atom. The largest absolute Gasteiger partial charge is 0.465 e. The van der Waals surface area contributed by atoms with E-state index in [4.69, 9.17) is 9.15 Å². The first-order valence-electron chi connectivity index (χ1n) is 8.00. The molecule has 0 saturated heterocycles. The Bertz CT molecular complexity index is 901. The first-order chi connectivity index (χ1) is 11.9. The molecule has 7 heteroatoms. The van der Waals surface area contributed by atoms with Crippen LogP contribution in [0.15, 0.2) is 4.42 Å². The maximum absolute atomic E-state index is 12.2. The Morgan fingerprint density at radius 1 is 1.28 bits per heavy atom. The number of nitrogens with one attached hydrogen (secondary N) is 1. The number of hydrogen-bond donors (Lipinski definition) is 1. The Balaban J connectivity index is 1.64. The van der Waals surface area contributed by atoms with E-state index in [1.807, 2.05) is 0 Å². The first-order valence-corrected chi connectivity index (χ1v) is 8.82. The highest BCUT2D eigenvalue weighted by molar-refractivity contribution is 7.16. The maximum atomic E-state index is 12.2. The average molecular weight is 358 g/mol. The van der Waals surface area contributed by atoms with Gasteiger partial charge in [0.1, 0.15) is 28.2 Å². The molecule has 6 nitrogen and oxygen atoms in total. The molecular weight excluding hydrogens is 340 g/mol. The Kier molecular flexibility index (Phi) is 4.64. The topological polar surface area (TPSA) is 92.3 Å². The molecule has 0 saturated carbocycles. The van der Waals surface area contributed by atoms with Crippen molar-refractivity contribution in [3.63, 3.8) is 0 Å². The minimum Gasteiger partial charge on any atom is -0.465 e. The number of esters is 1. The summed E-state index contributed by atoms with van der Waals surface area (Å²) in [5, 5.41) is 12.6. The van der Waals surface area contributed by atoms with E-state index in [9.17, 15) is 14.9 Å². The van der Waals surface area contributed by atoms with Crippen LogP contribution in [0, 0.1) is 32.1 Å². The van der Waals surface area contributed by atoms with E-state index in [2.05, 4.69) is 11.4 Å². The van der Waals surface area contributed by atoms with Gasteiger partial charge in [-0.25, -0.2) is 4.79 Å². The van der Waals surface area contributed by atoms with Crippen LogP contribution in [-0.2, 0) is 22.4 Å². The highest BCUT2D eigenvalue weighted by atomic mass is 32.1. The van der Waals surface area contributed by atoms with Crippen molar-refractivity contribution >= 4 is 28.2 Å². The Hall–Kier alpha value is -2.59. The van der Waals surface area contributed by atoms with Crippen molar-refractivity contribution in [3.8, 4) is 6.07 Å².